The van der Waals surface area contributed by atoms with Crippen molar-refractivity contribution in [3.63, 3.8) is 0 Å². The molecule has 0 bridgehead atoms. The molecule has 2 aliphatic heterocycles. The van der Waals surface area contributed by atoms with Gasteiger partial charge in [0.15, 0.2) is 11.6 Å². The number of rotatable bonds is 5. The van der Waals surface area contributed by atoms with Crippen LogP contribution in [0, 0.1) is 34.0 Å². The Morgan fingerprint density at radius 1 is 1.08 bits per heavy atom. The first kappa shape index (κ1) is 27.3. The van der Waals surface area contributed by atoms with E-state index >= 15 is 0 Å². The van der Waals surface area contributed by atoms with Crippen LogP contribution >= 0.6 is 23.2 Å². The zero-order valence-electron chi connectivity index (χ0n) is 19.7. The molecule has 1 spiro atoms. The topological polar surface area (TPSA) is 126 Å². The summed E-state index contributed by atoms with van der Waals surface area (Å²) >= 11 is 11.6. The van der Waals surface area contributed by atoms with Crippen LogP contribution in [0.4, 0.5) is 22.0 Å². The summed E-state index contributed by atoms with van der Waals surface area (Å²) in [6, 6.07) is 3.76. The molecule has 0 radical (unpaired) electrons. The van der Waals surface area contributed by atoms with Gasteiger partial charge in [-0.1, -0.05) is 29.3 Å². The molecule has 16 heteroatoms. The minimum absolute atomic E-state index is 0.0129. The number of H-pyrrole nitrogens is 1. The van der Waals surface area contributed by atoms with Gasteiger partial charge in [-0.25, -0.2) is 8.78 Å². The lowest BCUT2D eigenvalue weighted by molar-refractivity contribution is -0.147. The minimum Gasteiger partial charge on any atom is -0.423 e. The maximum atomic E-state index is 15.0. The van der Waals surface area contributed by atoms with Crippen LogP contribution in [0.5, 0.6) is 0 Å². The third-order valence-corrected chi connectivity index (χ3v) is 7.98. The number of nitrogens with one attached hydrogen (secondary N) is 3. The second-order valence-electron chi connectivity index (χ2n) is 9.91. The molecule has 2 unspecified atom stereocenters. The lowest BCUT2D eigenvalue weighted by Gasteiger charge is -2.50. The molecule has 9 nitrogen and oxygen atoms in total. The van der Waals surface area contributed by atoms with E-state index < -0.39 is 70.6 Å². The molecule has 3 aliphatic rings. The molecule has 1 aromatic carbocycles. The van der Waals surface area contributed by atoms with E-state index in [0.29, 0.717) is 0 Å². The Labute approximate surface area is 227 Å². The van der Waals surface area contributed by atoms with Crippen molar-refractivity contribution in [2.24, 2.45) is 17.3 Å². The summed E-state index contributed by atoms with van der Waals surface area (Å²) in [7, 11) is 0. The van der Waals surface area contributed by atoms with E-state index in [9.17, 15) is 31.5 Å². The normalized spacial score (nSPS) is 22.9. The number of aromatic amines is 1. The van der Waals surface area contributed by atoms with Crippen LogP contribution in [0.1, 0.15) is 22.5 Å². The number of hydrogen-bond acceptors (Lipinski definition) is 6. The van der Waals surface area contributed by atoms with Crippen molar-refractivity contribution in [3.05, 3.63) is 51.5 Å². The molecule has 2 aromatic rings. The third kappa shape index (κ3) is 4.73. The summed E-state index contributed by atoms with van der Waals surface area (Å²) in [6.45, 7) is -0.675. The highest BCUT2D eigenvalue weighted by Gasteiger charge is 2.66. The number of benzene rings is 1. The SMILES string of the molecule is N=C(OC(=N)C(F)(F)c1ccc(Cl)c(Cl)c1)C1CN(C(=O)c2cc(F)[nH]n2)CC12CN(C(=O)C1CC1(F)F)C2. The lowest BCUT2D eigenvalue weighted by Crippen LogP contribution is -2.64. The van der Waals surface area contributed by atoms with Crippen LogP contribution in [0.3, 0.4) is 0 Å². The number of halogens is 7. The molecule has 39 heavy (non-hydrogen) atoms. The van der Waals surface area contributed by atoms with E-state index in [1.807, 2.05) is 5.10 Å². The van der Waals surface area contributed by atoms with Gasteiger partial charge in [0.05, 0.1) is 16.0 Å². The van der Waals surface area contributed by atoms with Gasteiger partial charge in [0.25, 0.3) is 17.7 Å². The van der Waals surface area contributed by atoms with Gasteiger partial charge in [0.2, 0.25) is 11.9 Å². The summed E-state index contributed by atoms with van der Waals surface area (Å²) in [6.07, 6.45) is -0.575. The average Bonchev–Trinajstić information content (AvgIpc) is 3.17. The smallest absolute Gasteiger partial charge is 0.347 e. The first-order chi connectivity index (χ1) is 18.1. The monoisotopic (exact) mass is 592 g/mol. The van der Waals surface area contributed by atoms with Crippen molar-refractivity contribution in [2.45, 2.75) is 18.3 Å². The van der Waals surface area contributed by atoms with Gasteiger partial charge in [-0.3, -0.25) is 25.5 Å². The minimum atomic E-state index is -4.01. The second-order valence-corrected chi connectivity index (χ2v) is 10.7. The first-order valence-corrected chi connectivity index (χ1v) is 12.3. The summed E-state index contributed by atoms with van der Waals surface area (Å²) in [5.41, 5.74) is -2.08. The molecule has 3 fully saturated rings. The standard InChI is InChI=1S/C23H19Cl2F5N6O3/c24-13-2-1-10(3-14(13)25)23(29,30)20(32)39-17(31)12-6-35(19(38)15-4-16(26)34-33-15)7-21(12)8-36(9-21)18(37)11-5-22(11,27)28/h1-4,11-12,31-32H,5-9H2,(H,33,34). The molecule has 1 aromatic heterocycles. The van der Waals surface area contributed by atoms with Crippen LogP contribution in [0.2, 0.25) is 10.0 Å². The van der Waals surface area contributed by atoms with Crippen molar-refractivity contribution in [1.29, 1.82) is 10.8 Å². The van der Waals surface area contributed by atoms with Crippen LogP contribution in [0.15, 0.2) is 24.3 Å². The molecule has 1 aliphatic carbocycles. The fourth-order valence-corrected chi connectivity index (χ4v) is 5.31. The molecule has 208 valence electrons. The largest absolute Gasteiger partial charge is 0.423 e. The predicted octanol–water partition coefficient (Wildman–Crippen LogP) is 4.17. The highest BCUT2D eigenvalue weighted by atomic mass is 35.5. The van der Waals surface area contributed by atoms with Crippen LogP contribution in [-0.4, -0.2) is 75.7 Å². The molecular formula is C23H19Cl2F5N6O3. The Bertz CT molecular complexity index is 1400. The van der Waals surface area contributed by atoms with Crippen LogP contribution in [0.25, 0.3) is 0 Å². The van der Waals surface area contributed by atoms with Gasteiger partial charge in [-0.2, -0.15) is 18.3 Å². The Morgan fingerprint density at radius 2 is 1.72 bits per heavy atom. The molecule has 3 heterocycles. The maximum Gasteiger partial charge on any atom is 0.347 e. The van der Waals surface area contributed by atoms with Gasteiger partial charge in [0, 0.05) is 49.6 Å². The van der Waals surface area contributed by atoms with Crippen molar-refractivity contribution in [2.75, 3.05) is 26.2 Å². The Kier molecular flexibility index (Phi) is 6.41. The van der Waals surface area contributed by atoms with Crippen molar-refractivity contribution >= 4 is 46.8 Å². The van der Waals surface area contributed by atoms with E-state index in [-0.39, 0.29) is 41.9 Å². The summed E-state index contributed by atoms with van der Waals surface area (Å²) in [5, 5.41) is 21.7. The van der Waals surface area contributed by atoms with Gasteiger partial charge < -0.3 is 14.5 Å². The Hall–Kier alpha value is -3.26. The number of alkyl halides is 4. The summed E-state index contributed by atoms with van der Waals surface area (Å²) < 4.78 is 75.2. The number of likely N-dealkylation sites (tertiary alicyclic amines) is 2. The van der Waals surface area contributed by atoms with E-state index in [4.69, 9.17) is 38.8 Å². The predicted molar refractivity (Wildman–Crippen MR) is 127 cm³/mol. The number of ether oxygens (including phenoxy) is 1. The second kappa shape index (κ2) is 9.15. The zero-order chi connectivity index (χ0) is 28.5. The molecular weight excluding hydrogens is 574 g/mol. The maximum absolute atomic E-state index is 15.0. The van der Waals surface area contributed by atoms with Crippen molar-refractivity contribution in [1.82, 2.24) is 20.0 Å². The summed E-state index contributed by atoms with van der Waals surface area (Å²) in [5.74, 6) is -14.4. The first-order valence-electron chi connectivity index (χ1n) is 11.5. The molecule has 3 N–H and O–H groups in total. The number of carbonyl (C=O) groups excluding carboxylic acids is 2. The molecule has 2 atom stereocenters. The van der Waals surface area contributed by atoms with E-state index in [1.54, 1.807) is 0 Å². The van der Waals surface area contributed by atoms with Gasteiger partial charge in [-0.15, -0.1) is 0 Å². The van der Waals surface area contributed by atoms with Gasteiger partial charge in [-0.05, 0) is 12.1 Å². The fourth-order valence-electron chi connectivity index (χ4n) is 5.01. The number of hydrogen-bond donors (Lipinski definition) is 3. The van der Waals surface area contributed by atoms with Crippen molar-refractivity contribution < 1.29 is 36.3 Å². The Balaban J connectivity index is 1.35. The fraction of sp³-hybridized carbons (Fsp3) is 0.435. The quantitative estimate of drug-likeness (QED) is 0.273. The third-order valence-electron chi connectivity index (χ3n) is 7.24. The van der Waals surface area contributed by atoms with Crippen LogP contribution < -0.4 is 0 Å². The average molecular weight is 593 g/mol. The lowest BCUT2D eigenvalue weighted by atomic mass is 9.71. The van der Waals surface area contributed by atoms with E-state index in [2.05, 4.69) is 5.10 Å². The summed E-state index contributed by atoms with van der Waals surface area (Å²) in [4.78, 5) is 27.7. The number of aromatic nitrogens is 2. The van der Waals surface area contributed by atoms with E-state index in [1.165, 1.54) is 4.90 Å². The van der Waals surface area contributed by atoms with Crippen LogP contribution in [-0.2, 0) is 15.5 Å². The Morgan fingerprint density at radius 3 is 2.28 bits per heavy atom. The zero-order valence-corrected chi connectivity index (χ0v) is 21.2. The number of nitrogens with zero attached hydrogens (tertiary/aromatic N) is 3. The van der Waals surface area contributed by atoms with E-state index in [0.717, 1.165) is 29.2 Å². The highest BCUT2D eigenvalue weighted by Crippen LogP contribution is 2.52. The number of carbonyl (C=O) groups is 2. The highest BCUT2D eigenvalue weighted by molar-refractivity contribution is 6.42. The molecule has 2 saturated heterocycles. The van der Waals surface area contributed by atoms with Gasteiger partial charge >= 0.3 is 5.92 Å². The molecule has 5 rings (SSSR count). The van der Waals surface area contributed by atoms with Crippen molar-refractivity contribution in [3.8, 4) is 0 Å². The molecule has 1 saturated carbocycles. The van der Waals surface area contributed by atoms with Gasteiger partial charge in [0.1, 0.15) is 5.92 Å². The molecule has 2 amide bonds. The number of amides is 2.